The van der Waals surface area contributed by atoms with Crippen molar-refractivity contribution in [2.24, 2.45) is 0 Å². The molecule has 2 unspecified atom stereocenters. The van der Waals surface area contributed by atoms with Crippen LogP contribution in [0.2, 0.25) is 0 Å². The van der Waals surface area contributed by atoms with Gasteiger partial charge in [0.2, 0.25) is 0 Å². The van der Waals surface area contributed by atoms with E-state index >= 15 is 0 Å². The summed E-state index contributed by atoms with van der Waals surface area (Å²) in [6, 6.07) is 2.37. The first-order valence-electron chi connectivity index (χ1n) is 5.58. The highest BCUT2D eigenvalue weighted by Gasteiger charge is 2.17. The van der Waals surface area contributed by atoms with Crippen LogP contribution in [0.4, 0.5) is 4.39 Å². The maximum Gasteiger partial charge on any atom is 0.322 e. The molecule has 0 aliphatic carbocycles. The fourth-order valence-electron chi connectivity index (χ4n) is 1.44. The molecular weight excluding hydrogens is 223 g/mol. The monoisotopic (exact) mass is 240 g/mol. The predicted molar refractivity (Wildman–Crippen MR) is 61.8 cm³/mol. The molecule has 0 fully saturated rings. The van der Waals surface area contributed by atoms with Crippen LogP contribution in [-0.4, -0.2) is 23.6 Å². The van der Waals surface area contributed by atoms with Gasteiger partial charge >= 0.3 is 5.97 Å². The number of halogens is 1. The van der Waals surface area contributed by atoms with Gasteiger partial charge in [0.05, 0.1) is 18.5 Å². The van der Waals surface area contributed by atoms with Crippen molar-refractivity contribution in [3.8, 4) is 0 Å². The Bertz CT molecular complexity index is 367. The van der Waals surface area contributed by atoms with Crippen molar-refractivity contribution in [3.63, 3.8) is 0 Å². The van der Waals surface area contributed by atoms with Gasteiger partial charge in [-0.25, -0.2) is 4.39 Å². The summed E-state index contributed by atoms with van der Waals surface area (Å²) in [7, 11) is 0. The molecule has 2 atom stereocenters. The number of esters is 1. The molecule has 1 aromatic heterocycles. The third-order valence-corrected chi connectivity index (χ3v) is 2.33. The van der Waals surface area contributed by atoms with Gasteiger partial charge in [-0.1, -0.05) is 0 Å². The van der Waals surface area contributed by atoms with Gasteiger partial charge < -0.3 is 4.74 Å². The zero-order valence-corrected chi connectivity index (χ0v) is 10.2. The largest absolute Gasteiger partial charge is 0.465 e. The highest BCUT2D eigenvalue weighted by Crippen LogP contribution is 2.10. The summed E-state index contributed by atoms with van der Waals surface area (Å²) in [6.07, 6.45) is 1.16. The van der Waals surface area contributed by atoms with Crippen LogP contribution in [0, 0.1) is 5.82 Å². The van der Waals surface area contributed by atoms with Gasteiger partial charge in [-0.05, 0) is 32.9 Å². The third kappa shape index (κ3) is 4.11. The van der Waals surface area contributed by atoms with Gasteiger partial charge in [-0.2, -0.15) is 0 Å². The summed E-state index contributed by atoms with van der Waals surface area (Å²) < 4.78 is 17.6. The normalized spacial score (nSPS) is 14.1. The lowest BCUT2D eigenvalue weighted by Gasteiger charge is -2.18. The minimum atomic E-state index is -0.420. The molecule has 1 N–H and O–H groups in total. The molecule has 94 valence electrons. The Kier molecular flexibility index (Phi) is 5.03. The van der Waals surface area contributed by atoms with Crippen LogP contribution in [0.25, 0.3) is 0 Å². The molecule has 0 bridgehead atoms. The minimum absolute atomic E-state index is 0.144. The number of hydrogen-bond acceptors (Lipinski definition) is 4. The second kappa shape index (κ2) is 6.30. The standard InChI is InChI=1S/C12H17FN2O2/c1-4-17-12(16)9(3)15-8(2)11-6-5-10(13)7-14-11/h5-9,15H,4H2,1-3H3. The fourth-order valence-corrected chi connectivity index (χ4v) is 1.44. The summed E-state index contributed by atoms with van der Waals surface area (Å²) in [5, 5.41) is 3.04. The molecule has 1 aromatic rings. The van der Waals surface area contributed by atoms with Gasteiger partial charge in [0, 0.05) is 6.04 Å². The Morgan fingerprint density at radius 2 is 2.24 bits per heavy atom. The van der Waals surface area contributed by atoms with Gasteiger partial charge in [0.25, 0.3) is 0 Å². The lowest BCUT2D eigenvalue weighted by molar-refractivity contribution is -0.145. The summed E-state index contributed by atoms with van der Waals surface area (Å²) in [6.45, 7) is 5.69. The average Bonchev–Trinajstić information content (AvgIpc) is 2.30. The summed E-state index contributed by atoms with van der Waals surface area (Å²) in [4.78, 5) is 15.3. The first kappa shape index (κ1) is 13.6. The number of ether oxygens (including phenoxy) is 1. The zero-order valence-electron chi connectivity index (χ0n) is 10.2. The molecule has 0 spiro atoms. The van der Waals surface area contributed by atoms with E-state index in [9.17, 15) is 9.18 Å². The quantitative estimate of drug-likeness (QED) is 0.798. The van der Waals surface area contributed by atoms with Crippen LogP contribution in [0.5, 0.6) is 0 Å². The lowest BCUT2D eigenvalue weighted by atomic mass is 10.2. The van der Waals surface area contributed by atoms with Gasteiger partial charge in [0.1, 0.15) is 11.9 Å². The molecule has 4 nitrogen and oxygen atoms in total. The van der Waals surface area contributed by atoms with Crippen molar-refractivity contribution in [3.05, 3.63) is 29.8 Å². The number of carbonyl (C=O) groups excluding carboxylic acids is 1. The predicted octanol–water partition coefficient (Wildman–Crippen LogP) is 1.82. The summed E-state index contributed by atoms with van der Waals surface area (Å²) in [5.74, 6) is -0.680. The molecule has 0 saturated carbocycles. The highest BCUT2D eigenvalue weighted by atomic mass is 19.1. The van der Waals surface area contributed by atoms with Crippen LogP contribution in [0.15, 0.2) is 18.3 Å². The topological polar surface area (TPSA) is 51.2 Å². The average molecular weight is 240 g/mol. The van der Waals surface area contributed by atoms with Crippen LogP contribution in [0.1, 0.15) is 32.5 Å². The molecule has 17 heavy (non-hydrogen) atoms. The van der Waals surface area contributed by atoms with Crippen molar-refractivity contribution < 1.29 is 13.9 Å². The van der Waals surface area contributed by atoms with Crippen molar-refractivity contribution in [1.29, 1.82) is 0 Å². The van der Waals surface area contributed by atoms with E-state index in [0.29, 0.717) is 12.3 Å². The molecule has 0 amide bonds. The maximum absolute atomic E-state index is 12.7. The Balaban J connectivity index is 2.56. The number of nitrogens with zero attached hydrogens (tertiary/aromatic N) is 1. The Morgan fingerprint density at radius 1 is 1.53 bits per heavy atom. The van der Waals surface area contributed by atoms with Crippen molar-refractivity contribution in [2.75, 3.05) is 6.61 Å². The number of hydrogen-bond donors (Lipinski definition) is 1. The smallest absolute Gasteiger partial charge is 0.322 e. The molecule has 1 rings (SSSR count). The second-order valence-electron chi connectivity index (χ2n) is 3.76. The fraction of sp³-hybridized carbons (Fsp3) is 0.500. The number of carbonyl (C=O) groups is 1. The molecule has 0 aliphatic heterocycles. The van der Waals surface area contributed by atoms with Gasteiger partial charge in [-0.15, -0.1) is 0 Å². The first-order valence-corrected chi connectivity index (χ1v) is 5.58. The van der Waals surface area contributed by atoms with Crippen molar-refractivity contribution in [2.45, 2.75) is 32.9 Å². The summed E-state index contributed by atoms with van der Waals surface area (Å²) >= 11 is 0. The second-order valence-corrected chi connectivity index (χ2v) is 3.76. The molecule has 5 heteroatoms. The Hall–Kier alpha value is -1.49. The van der Waals surface area contributed by atoms with E-state index in [4.69, 9.17) is 4.74 Å². The van der Waals surface area contributed by atoms with Gasteiger partial charge in [0.15, 0.2) is 0 Å². The minimum Gasteiger partial charge on any atom is -0.465 e. The summed E-state index contributed by atoms with van der Waals surface area (Å²) in [5.41, 5.74) is 0.683. The molecule has 0 radical (unpaired) electrons. The van der Waals surface area contributed by atoms with E-state index < -0.39 is 6.04 Å². The molecule has 0 aliphatic rings. The zero-order chi connectivity index (χ0) is 12.8. The Labute approximate surface area is 100 Å². The Morgan fingerprint density at radius 3 is 2.76 bits per heavy atom. The molecular formula is C12H17FN2O2. The van der Waals surface area contributed by atoms with Crippen LogP contribution in [0.3, 0.4) is 0 Å². The van der Waals surface area contributed by atoms with E-state index in [2.05, 4.69) is 10.3 Å². The SMILES string of the molecule is CCOC(=O)C(C)NC(C)c1ccc(F)cn1. The number of nitrogens with one attached hydrogen (secondary N) is 1. The van der Waals surface area contributed by atoms with E-state index in [-0.39, 0.29) is 17.8 Å². The van der Waals surface area contributed by atoms with Crippen LogP contribution >= 0.6 is 0 Å². The molecule has 1 heterocycles. The molecule has 0 saturated heterocycles. The van der Waals surface area contributed by atoms with E-state index in [1.54, 1.807) is 19.9 Å². The van der Waals surface area contributed by atoms with Gasteiger partial charge in [-0.3, -0.25) is 15.1 Å². The molecule has 0 aromatic carbocycles. The number of rotatable bonds is 5. The van der Waals surface area contributed by atoms with Crippen molar-refractivity contribution in [1.82, 2.24) is 10.3 Å². The van der Waals surface area contributed by atoms with E-state index in [1.165, 1.54) is 6.07 Å². The number of pyridine rings is 1. The van der Waals surface area contributed by atoms with E-state index in [0.717, 1.165) is 6.20 Å². The highest BCUT2D eigenvalue weighted by molar-refractivity contribution is 5.75. The van der Waals surface area contributed by atoms with Crippen LogP contribution in [-0.2, 0) is 9.53 Å². The maximum atomic E-state index is 12.7. The van der Waals surface area contributed by atoms with E-state index in [1.807, 2.05) is 6.92 Å². The third-order valence-electron chi connectivity index (χ3n) is 2.33. The first-order chi connectivity index (χ1) is 8.04. The lowest BCUT2D eigenvalue weighted by Crippen LogP contribution is -2.37. The number of aromatic nitrogens is 1. The van der Waals surface area contributed by atoms with Crippen LogP contribution < -0.4 is 5.32 Å². The van der Waals surface area contributed by atoms with Crippen molar-refractivity contribution >= 4 is 5.97 Å².